The second-order valence-corrected chi connectivity index (χ2v) is 9.15. The molecule has 1 unspecified atom stereocenters. The van der Waals surface area contributed by atoms with Gasteiger partial charge in [-0.05, 0) is 84.5 Å². The van der Waals surface area contributed by atoms with E-state index in [0.717, 1.165) is 34.6 Å². The molecule has 0 fully saturated rings. The minimum Gasteiger partial charge on any atom is -0.345 e. The van der Waals surface area contributed by atoms with Gasteiger partial charge in [0, 0.05) is 29.4 Å². The molecule has 6 heteroatoms. The number of carbonyl (C=O) groups excluding carboxylic acids is 1. The topological polar surface area (TPSA) is 20.3 Å². The van der Waals surface area contributed by atoms with Crippen molar-refractivity contribution in [2.24, 2.45) is 5.92 Å². The van der Waals surface area contributed by atoms with Gasteiger partial charge in [0.2, 0.25) is 0 Å². The Kier molecular flexibility index (Phi) is 7.53. The van der Waals surface area contributed by atoms with Crippen molar-refractivity contribution >= 4 is 28.8 Å². The maximum absolute atomic E-state index is 13.0. The molecule has 3 aromatic carbocycles. The van der Waals surface area contributed by atoms with Gasteiger partial charge in [-0.3, -0.25) is 4.79 Å². The summed E-state index contributed by atoms with van der Waals surface area (Å²) in [6.45, 7) is 5.72. The fourth-order valence-corrected chi connectivity index (χ4v) is 4.00. The molecule has 0 aliphatic heterocycles. The van der Waals surface area contributed by atoms with Gasteiger partial charge in [0.1, 0.15) is 5.78 Å². The third kappa shape index (κ3) is 6.17. The summed E-state index contributed by atoms with van der Waals surface area (Å²) in [6, 6.07) is 18.3. The zero-order valence-electron chi connectivity index (χ0n) is 19.1. The number of hydrogen-bond donors (Lipinski definition) is 0. The minimum absolute atomic E-state index is 0.0633. The number of halogens is 4. The van der Waals surface area contributed by atoms with Crippen molar-refractivity contribution in [2.45, 2.75) is 39.3 Å². The van der Waals surface area contributed by atoms with E-state index in [-0.39, 0.29) is 11.7 Å². The Morgan fingerprint density at radius 3 is 2.03 bits per heavy atom. The van der Waals surface area contributed by atoms with E-state index in [1.807, 2.05) is 42.3 Å². The van der Waals surface area contributed by atoms with Gasteiger partial charge in [-0.2, -0.15) is 13.2 Å². The summed E-state index contributed by atoms with van der Waals surface area (Å²) in [7, 11) is 1.91. The van der Waals surface area contributed by atoms with Gasteiger partial charge in [0.05, 0.1) is 5.56 Å². The van der Waals surface area contributed by atoms with Crippen LogP contribution < -0.4 is 4.90 Å². The largest absolute Gasteiger partial charge is 0.416 e. The van der Waals surface area contributed by atoms with E-state index in [2.05, 4.69) is 13.8 Å². The van der Waals surface area contributed by atoms with Gasteiger partial charge in [-0.15, -0.1) is 0 Å². The average Bonchev–Trinajstić information content (AvgIpc) is 2.76. The number of hydrogen-bond acceptors (Lipinski definition) is 2. The molecule has 0 bridgehead atoms. The van der Waals surface area contributed by atoms with E-state index >= 15 is 0 Å². The Hall–Kier alpha value is -2.79. The maximum atomic E-state index is 13.0. The molecule has 0 aromatic heterocycles. The van der Waals surface area contributed by atoms with Gasteiger partial charge >= 0.3 is 6.18 Å². The first-order valence-corrected chi connectivity index (χ1v) is 11.2. The molecule has 3 aromatic rings. The highest BCUT2D eigenvalue weighted by atomic mass is 35.5. The molecule has 0 saturated heterocycles. The zero-order chi connectivity index (χ0) is 24.3. The number of rotatable bonds is 7. The highest BCUT2D eigenvalue weighted by Gasteiger charge is 2.30. The number of nitrogens with zero attached hydrogens (tertiary/aromatic N) is 1. The molecular weight excluding hydrogens is 447 g/mol. The molecule has 0 aliphatic carbocycles. The van der Waals surface area contributed by atoms with Gasteiger partial charge in [-0.1, -0.05) is 43.6 Å². The van der Waals surface area contributed by atoms with Crippen LogP contribution in [0.4, 0.5) is 24.5 Å². The number of ketones is 1. The fourth-order valence-electron chi connectivity index (χ4n) is 3.87. The Morgan fingerprint density at radius 2 is 1.52 bits per heavy atom. The Labute approximate surface area is 198 Å². The SMILES string of the molecule is CC(=O)C(CC(C)C)c1cc(-c2ccc(C(F)(F)F)cc2)cc(N(C)c2ccc(Cl)cc2)c1. The molecule has 0 spiro atoms. The van der Waals surface area contributed by atoms with Crippen LogP contribution in [0.2, 0.25) is 5.02 Å². The van der Waals surface area contributed by atoms with Crippen LogP contribution in [0.25, 0.3) is 11.1 Å². The number of benzene rings is 3. The van der Waals surface area contributed by atoms with Gasteiger partial charge in [0.25, 0.3) is 0 Å². The molecule has 0 radical (unpaired) electrons. The third-order valence-electron chi connectivity index (χ3n) is 5.69. The lowest BCUT2D eigenvalue weighted by Gasteiger charge is -2.24. The van der Waals surface area contributed by atoms with Crippen molar-refractivity contribution in [1.29, 1.82) is 0 Å². The van der Waals surface area contributed by atoms with E-state index in [9.17, 15) is 18.0 Å². The molecule has 3 rings (SSSR count). The van der Waals surface area contributed by atoms with E-state index in [4.69, 9.17) is 11.6 Å². The van der Waals surface area contributed by atoms with Gasteiger partial charge in [-0.25, -0.2) is 0 Å². The first kappa shape index (κ1) is 24.8. The van der Waals surface area contributed by atoms with Crippen LogP contribution in [0.3, 0.4) is 0 Å². The van der Waals surface area contributed by atoms with Crippen LogP contribution in [-0.4, -0.2) is 12.8 Å². The first-order valence-electron chi connectivity index (χ1n) is 10.8. The van der Waals surface area contributed by atoms with Crippen molar-refractivity contribution in [3.63, 3.8) is 0 Å². The van der Waals surface area contributed by atoms with Gasteiger partial charge < -0.3 is 4.90 Å². The molecule has 174 valence electrons. The van der Waals surface area contributed by atoms with Crippen molar-refractivity contribution in [2.75, 3.05) is 11.9 Å². The predicted molar refractivity (Wildman–Crippen MR) is 129 cm³/mol. The summed E-state index contributed by atoms with van der Waals surface area (Å²) in [5, 5.41) is 0.625. The number of anilines is 2. The lowest BCUT2D eigenvalue weighted by Crippen LogP contribution is -2.14. The molecule has 0 saturated carbocycles. The van der Waals surface area contributed by atoms with Crippen LogP contribution in [0.5, 0.6) is 0 Å². The number of Topliss-reactive ketones (excluding diaryl/α,β-unsaturated/α-hetero) is 1. The smallest absolute Gasteiger partial charge is 0.345 e. The van der Waals surface area contributed by atoms with Crippen molar-refractivity contribution in [3.05, 3.63) is 82.9 Å². The normalized spacial score (nSPS) is 12.6. The van der Waals surface area contributed by atoms with Crippen LogP contribution in [0, 0.1) is 5.92 Å². The molecule has 0 aliphatic rings. The lowest BCUT2D eigenvalue weighted by molar-refractivity contribution is -0.137. The molecule has 33 heavy (non-hydrogen) atoms. The highest BCUT2D eigenvalue weighted by Crippen LogP contribution is 2.36. The summed E-state index contributed by atoms with van der Waals surface area (Å²) in [5.74, 6) is 0.0798. The summed E-state index contributed by atoms with van der Waals surface area (Å²) < 4.78 is 39.1. The fraction of sp³-hybridized carbons (Fsp3) is 0.296. The van der Waals surface area contributed by atoms with Gasteiger partial charge in [0.15, 0.2) is 0 Å². The zero-order valence-corrected chi connectivity index (χ0v) is 19.8. The molecule has 1 atom stereocenters. The van der Waals surface area contributed by atoms with E-state index < -0.39 is 11.7 Å². The molecule has 2 nitrogen and oxygen atoms in total. The van der Waals surface area contributed by atoms with E-state index in [1.54, 1.807) is 19.1 Å². The Balaban J connectivity index is 2.12. The predicted octanol–water partition coefficient (Wildman–Crippen LogP) is 8.51. The Bertz CT molecular complexity index is 1110. The highest BCUT2D eigenvalue weighted by molar-refractivity contribution is 6.30. The number of alkyl halides is 3. The van der Waals surface area contributed by atoms with E-state index in [1.165, 1.54) is 12.1 Å². The van der Waals surface area contributed by atoms with Crippen molar-refractivity contribution in [3.8, 4) is 11.1 Å². The van der Waals surface area contributed by atoms with Crippen LogP contribution in [-0.2, 0) is 11.0 Å². The Morgan fingerprint density at radius 1 is 0.909 bits per heavy atom. The minimum atomic E-state index is -4.39. The average molecular weight is 474 g/mol. The summed E-state index contributed by atoms with van der Waals surface area (Å²) in [5.41, 5.74) is 3.30. The van der Waals surface area contributed by atoms with Crippen LogP contribution in [0.1, 0.15) is 44.2 Å². The summed E-state index contributed by atoms with van der Waals surface area (Å²) >= 11 is 6.03. The quantitative estimate of drug-likeness (QED) is 0.342. The second-order valence-electron chi connectivity index (χ2n) is 8.72. The van der Waals surface area contributed by atoms with E-state index in [0.29, 0.717) is 22.9 Å². The second kappa shape index (κ2) is 10.0. The maximum Gasteiger partial charge on any atom is 0.416 e. The molecule has 0 N–H and O–H groups in total. The van der Waals surface area contributed by atoms with Crippen molar-refractivity contribution < 1.29 is 18.0 Å². The molecule has 0 amide bonds. The lowest BCUT2D eigenvalue weighted by atomic mass is 9.85. The summed E-state index contributed by atoms with van der Waals surface area (Å²) in [6.07, 6.45) is -3.70. The van der Waals surface area contributed by atoms with Crippen LogP contribution in [0.15, 0.2) is 66.7 Å². The monoisotopic (exact) mass is 473 g/mol. The van der Waals surface area contributed by atoms with Crippen molar-refractivity contribution in [1.82, 2.24) is 0 Å². The molecular formula is C27H27ClF3NO. The number of carbonyl (C=O) groups is 1. The standard InChI is InChI=1S/C27H27ClF3NO/c1-17(2)13-26(18(3)33)21-14-20(19-5-7-22(8-6-19)27(29,30)31)15-25(16-21)32(4)24-11-9-23(28)10-12-24/h5-12,14-17,26H,13H2,1-4H3. The molecule has 0 heterocycles. The first-order chi connectivity index (χ1) is 15.5. The third-order valence-corrected chi connectivity index (χ3v) is 5.94. The summed E-state index contributed by atoms with van der Waals surface area (Å²) in [4.78, 5) is 14.5. The van der Waals surface area contributed by atoms with Crippen LogP contribution >= 0.6 is 11.6 Å².